The zero-order chi connectivity index (χ0) is 8.97. The van der Waals surface area contributed by atoms with Crippen LogP contribution in [0.4, 0.5) is 0 Å². The standard InChI is InChI=1S/C10H12ClO/c1-8(2)12-7-9-4-3-5-10(11)6-9/h3-6H,7H2,1-2H3. The summed E-state index contributed by atoms with van der Waals surface area (Å²) in [5.41, 5.74) is 1.10. The van der Waals surface area contributed by atoms with Crippen molar-refractivity contribution in [1.82, 2.24) is 0 Å². The molecule has 1 radical (unpaired) electrons. The fourth-order valence-electron chi connectivity index (χ4n) is 0.854. The Morgan fingerprint density at radius 2 is 2.17 bits per heavy atom. The summed E-state index contributed by atoms with van der Waals surface area (Å²) >= 11 is 5.80. The predicted octanol–water partition coefficient (Wildman–Crippen LogP) is 3.43. The second-order valence-electron chi connectivity index (χ2n) is 2.83. The first-order valence-corrected chi connectivity index (χ1v) is 4.23. The molecule has 1 rings (SSSR count). The van der Waals surface area contributed by atoms with Gasteiger partial charge in [-0.05, 0) is 31.5 Å². The number of rotatable bonds is 3. The Morgan fingerprint density at radius 1 is 1.42 bits per heavy atom. The Kier molecular flexibility index (Phi) is 3.57. The third-order valence-electron chi connectivity index (χ3n) is 1.42. The first-order valence-electron chi connectivity index (χ1n) is 3.86. The minimum atomic E-state index is 0.600. The molecule has 0 spiro atoms. The van der Waals surface area contributed by atoms with Crippen LogP contribution in [0.15, 0.2) is 24.3 Å². The molecular formula is C10H12ClO. The molecule has 1 nitrogen and oxygen atoms in total. The van der Waals surface area contributed by atoms with Gasteiger partial charge in [0, 0.05) is 5.02 Å². The average Bonchev–Trinajstić information content (AvgIpc) is 2.01. The Balaban J connectivity index is 2.52. The molecule has 65 valence electrons. The zero-order valence-electron chi connectivity index (χ0n) is 7.30. The van der Waals surface area contributed by atoms with Gasteiger partial charge >= 0.3 is 0 Å². The molecule has 0 amide bonds. The van der Waals surface area contributed by atoms with E-state index in [0.717, 1.165) is 16.7 Å². The van der Waals surface area contributed by atoms with Gasteiger partial charge in [-0.3, -0.25) is 0 Å². The Hall–Kier alpha value is -0.530. The Morgan fingerprint density at radius 3 is 2.75 bits per heavy atom. The quantitative estimate of drug-likeness (QED) is 0.698. The van der Waals surface area contributed by atoms with Crippen molar-refractivity contribution >= 4 is 11.6 Å². The molecule has 1 aromatic rings. The van der Waals surface area contributed by atoms with Crippen LogP contribution in [0.3, 0.4) is 0 Å². The largest absolute Gasteiger partial charge is 0.368 e. The molecule has 0 atom stereocenters. The fourth-order valence-corrected chi connectivity index (χ4v) is 1.07. The molecule has 0 fully saturated rings. The minimum Gasteiger partial charge on any atom is -0.368 e. The molecule has 0 heterocycles. The summed E-state index contributed by atoms with van der Waals surface area (Å²) in [5.74, 6) is 0. The van der Waals surface area contributed by atoms with E-state index < -0.39 is 0 Å². The lowest BCUT2D eigenvalue weighted by Gasteiger charge is -2.06. The summed E-state index contributed by atoms with van der Waals surface area (Å²) in [6, 6.07) is 7.68. The van der Waals surface area contributed by atoms with Crippen LogP contribution in [0, 0.1) is 6.10 Å². The monoisotopic (exact) mass is 183 g/mol. The van der Waals surface area contributed by atoms with E-state index in [-0.39, 0.29) is 0 Å². The molecule has 0 N–H and O–H groups in total. The van der Waals surface area contributed by atoms with Crippen molar-refractivity contribution in [3.05, 3.63) is 41.0 Å². The normalized spacial score (nSPS) is 10.7. The van der Waals surface area contributed by atoms with Gasteiger partial charge in [0.15, 0.2) is 0 Å². The van der Waals surface area contributed by atoms with Gasteiger partial charge in [0.2, 0.25) is 0 Å². The highest BCUT2D eigenvalue weighted by molar-refractivity contribution is 6.30. The number of hydrogen-bond acceptors (Lipinski definition) is 1. The summed E-state index contributed by atoms with van der Waals surface area (Å²) in [6.07, 6.45) is 0.968. The molecule has 0 saturated carbocycles. The summed E-state index contributed by atoms with van der Waals surface area (Å²) in [7, 11) is 0. The number of ether oxygens (including phenoxy) is 1. The molecule has 0 saturated heterocycles. The average molecular weight is 184 g/mol. The van der Waals surface area contributed by atoms with Crippen LogP contribution < -0.4 is 0 Å². The predicted molar refractivity (Wildman–Crippen MR) is 50.8 cm³/mol. The van der Waals surface area contributed by atoms with Crippen LogP contribution in [0.2, 0.25) is 5.02 Å². The van der Waals surface area contributed by atoms with E-state index in [1.807, 2.05) is 38.1 Å². The van der Waals surface area contributed by atoms with Gasteiger partial charge in [-0.15, -0.1) is 0 Å². The van der Waals surface area contributed by atoms with Crippen molar-refractivity contribution in [3.8, 4) is 0 Å². The first kappa shape index (κ1) is 9.56. The maximum atomic E-state index is 5.80. The SMILES string of the molecule is C[C](C)OCc1cccc(Cl)c1. The van der Waals surface area contributed by atoms with E-state index in [2.05, 4.69) is 0 Å². The summed E-state index contributed by atoms with van der Waals surface area (Å²) in [5, 5.41) is 0.754. The molecule has 12 heavy (non-hydrogen) atoms. The number of halogens is 1. The molecule has 0 aliphatic heterocycles. The Bertz CT molecular complexity index is 245. The highest BCUT2D eigenvalue weighted by atomic mass is 35.5. The van der Waals surface area contributed by atoms with Gasteiger partial charge < -0.3 is 4.74 Å². The van der Waals surface area contributed by atoms with Crippen LogP contribution >= 0.6 is 11.6 Å². The van der Waals surface area contributed by atoms with Crippen LogP contribution in [0.25, 0.3) is 0 Å². The Labute approximate surface area is 78.3 Å². The highest BCUT2D eigenvalue weighted by Gasteiger charge is 1.96. The smallest absolute Gasteiger partial charge is 0.0914 e. The van der Waals surface area contributed by atoms with Gasteiger partial charge in [-0.2, -0.15) is 0 Å². The van der Waals surface area contributed by atoms with Gasteiger partial charge in [0.1, 0.15) is 0 Å². The topological polar surface area (TPSA) is 9.23 Å². The van der Waals surface area contributed by atoms with E-state index in [1.54, 1.807) is 0 Å². The third-order valence-corrected chi connectivity index (χ3v) is 1.65. The second-order valence-corrected chi connectivity index (χ2v) is 3.26. The van der Waals surface area contributed by atoms with Gasteiger partial charge in [-0.1, -0.05) is 23.7 Å². The maximum Gasteiger partial charge on any atom is 0.0914 e. The zero-order valence-corrected chi connectivity index (χ0v) is 8.06. The summed E-state index contributed by atoms with van der Waals surface area (Å²) in [6.45, 7) is 4.47. The van der Waals surface area contributed by atoms with E-state index in [0.29, 0.717) is 6.61 Å². The van der Waals surface area contributed by atoms with Crippen LogP contribution in [-0.4, -0.2) is 0 Å². The van der Waals surface area contributed by atoms with Gasteiger partial charge in [0.05, 0.1) is 12.7 Å². The molecular weight excluding hydrogens is 172 g/mol. The lowest BCUT2D eigenvalue weighted by Crippen LogP contribution is -1.94. The van der Waals surface area contributed by atoms with Crippen molar-refractivity contribution in [2.24, 2.45) is 0 Å². The van der Waals surface area contributed by atoms with Crippen molar-refractivity contribution in [2.45, 2.75) is 20.5 Å². The molecule has 0 bridgehead atoms. The molecule has 0 unspecified atom stereocenters. The fraction of sp³-hybridized carbons (Fsp3) is 0.300. The number of hydrogen-bond donors (Lipinski definition) is 0. The van der Waals surface area contributed by atoms with E-state index in [4.69, 9.17) is 16.3 Å². The van der Waals surface area contributed by atoms with Crippen molar-refractivity contribution in [3.63, 3.8) is 0 Å². The van der Waals surface area contributed by atoms with Gasteiger partial charge in [-0.25, -0.2) is 0 Å². The van der Waals surface area contributed by atoms with Crippen molar-refractivity contribution < 1.29 is 4.74 Å². The maximum absolute atomic E-state index is 5.80. The second kappa shape index (κ2) is 4.48. The van der Waals surface area contributed by atoms with Crippen molar-refractivity contribution in [1.29, 1.82) is 0 Å². The molecule has 0 aromatic heterocycles. The van der Waals surface area contributed by atoms with Crippen molar-refractivity contribution in [2.75, 3.05) is 0 Å². The summed E-state index contributed by atoms with van der Waals surface area (Å²) < 4.78 is 5.34. The summed E-state index contributed by atoms with van der Waals surface area (Å²) in [4.78, 5) is 0. The lowest BCUT2D eigenvalue weighted by atomic mass is 10.2. The highest BCUT2D eigenvalue weighted by Crippen LogP contribution is 2.12. The molecule has 0 aliphatic rings. The molecule has 0 aliphatic carbocycles. The third kappa shape index (κ3) is 3.24. The van der Waals surface area contributed by atoms with E-state index >= 15 is 0 Å². The first-order chi connectivity index (χ1) is 5.68. The lowest BCUT2D eigenvalue weighted by molar-refractivity contribution is 0.143. The van der Waals surface area contributed by atoms with Crippen LogP contribution in [0.5, 0.6) is 0 Å². The van der Waals surface area contributed by atoms with Crippen LogP contribution in [-0.2, 0) is 11.3 Å². The van der Waals surface area contributed by atoms with E-state index in [1.165, 1.54) is 0 Å². The van der Waals surface area contributed by atoms with E-state index in [9.17, 15) is 0 Å². The molecule has 1 aromatic carbocycles. The number of benzene rings is 1. The van der Waals surface area contributed by atoms with Crippen LogP contribution in [0.1, 0.15) is 19.4 Å². The minimum absolute atomic E-state index is 0.600. The molecule has 2 heteroatoms. The van der Waals surface area contributed by atoms with Gasteiger partial charge in [0.25, 0.3) is 0 Å².